The minimum atomic E-state index is -0.512. The first-order valence-corrected chi connectivity index (χ1v) is 5.94. The maximum absolute atomic E-state index is 11.1. The molecule has 8 heteroatoms. The van der Waals surface area contributed by atoms with Crippen molar-refractivity contribution >= 4 is 17.3 Å². The highest BCUT2D eigenvalue weighted by atomic mass is 16.6. The van der Waals surface area contributed by atoms with Gasteiger partial charge in [-0.25, -0.2) is 9.97 Å². The van der Waals surface area contributed by atoms with Crippen LogP contribution in [0.4, 0.5) is 17.3 Å². The standard InChI is InChI=1S/C12H14N6O2/c1-8-3-4-9(5-14-8)6-15-12-10(18(19)20)11(13-2)16-7-17-12/h3-5,7H,6H2,1-2H3,(H2,13,15,16,17). The van der Waals surface area contributed by atoms with Crippen molar-refractivity contribution in [2.45, 2.75) is 13.5 Å². The van der Waals surface area contributed by atoms with E-state index in [1.807, 2.05) is 19.1 Å². The molecular formula is C12H14N6O2. The van der Waals surface area contributed by atoms with Gasteiger partial charge in [-0.15, -0.1) is 0 Å². The Hall–Kier alpha value is -2.77. The third-order valence-corrected chi connectivity index (χ3v) is 2.67. The number of hydrogen-bond acceptors (Lipinski definition) is 7. The van der Waals surface area contributed by atoms with Crippen LogP contribution < -0.4 is 10.6 Å². The molecule has 0 radical (unpaired) electrons. The average Bonchev–Trinajstić information content (AvgIpc) is 2.46. The fraction of sp³-hybridized carbons (Fsp3) is 0.250. The molecule has 0 aliphatic heterocycles. The Balaban J connectivity index is 2.21. The van der Waals surface area contributed by atoms with Crippen LogP contribution >= 0.6 is 0 Å². The third-order valence-electron chi connectivity index (χ3n) is 2.67. The van der Waals surface area contributed by atoms with Gasteiger partial charge in [0.05, 0.1) is 4.92 Å². The van der Waals surface area contributed by atoms with Gasteiger partial charge in [0.2, 0.25) is 11.6 Å². The summed E-state index contributed by atoms with van der Waals surface area (Å²) in [5.41, 5.74) is 1.66. The smallest absolute Gasteiger partial charge is 0.353 e. The minimum Gasteiger partial charge on any atom is -0.367 e. The zero-order valence-corrected chi connectivity index (χ0v) is 11.1. The molecule has 0 fully saturated rings. The van der Waals surface area contributed by atoms with E-state index in [1.54, 1.807) is 13.2 Å². The first-order chi connectivity index (χ1) is 9.61. The summed E-state index contributed by atoms with van der Waals surface area (Å²) < 4.78 is 0. The highest BCUT2D eigenvalue weighted by molar-refractivity contribution is 5.68. The van der Waals surface area contributed by atoms with Crippen molar-refractivity contribution in [2.24, 2.45) is 0 Å². The third kappa shape index (κ3) is 2.97. The fourth-order valence-electron chi connectivity index (χ4n) is 1.65. The van der Waals surface area contributed by atoms with E-state index < -0.39 is 4.92 Å². The van der Waals surface area contributed by atoms with Gasteiger partial charge < -0.3 is 10.6 Å². The van der Waals surface area contributed by atoms with Gasteiger partial charge in [0, 0.05) is 25.5 Å². The van der Waals surface area contributed by atoms with Crippen LogP contribution in [0.2, 0.25) is 0 Å². The molecule has 0 amide bonds. The summed E-state index contributed by atoms with van der Waals surface area (Å²) in [5, 5.41) is 16.7. The molecule has 0 aromatic carbocycles. The zero-order chi connectivity index (χ0) is 14.5. The summed E-state index contributed by atoms with van der Waals surface area (Å²) in [5.74, 6) is 0.351. The van der Waals surface area contributed by atoms with E-state index in [-0.39, 0.29) is 17.3 Å². The van der Waals surface area contributed by atoms with Crippen molar-refractivity contribution in [1.29, 1.82) is 0 Å². The average molecular weight is 274 g/mol. The summed E-state index contributed by atoms with van der Waals surface area (Å²) in [7, 11) is 1.57. The zero-order valence-electron chi connectivity index (χ0n) is 11.1. The van der Waals surface area contributed by atoms with Crippen molar-refractivity contribution in [1.82, 2.24) is 15.0 Å². The Morgan fingerprint density at radius 1 is 1.25 bits per heavy atom. The second-order valence-corrected chi connectivity index (χ2v) is 4.09. The van der Waals surface area contributed by atoms with Crippen LogP contribution in [-0.2, 0) is 6.54 Å². The van der Waals surface area contributed by atoms with Gasteiger partial charge in [-0.1, -0.05) is 6.07 Å². The van der Waals surface area contributed by atoms with Crippen LogP contribution in [0.25, 0.3) is 0 Å². The van der Waals surface area contributed by atoms with E-state index in [1.165, 1.54) is 6.33 Å². The molecule has 0 unspecified atom stereocenters. The van der Waals surface area contributed by atoms with Gasteiger partial charge in [-0.2, -0.15) is 0 Å². The van der Waals surface area contributed by atoms with Crippen molar-refractivity contribution in [3.63, 3.8) is 0 Å². The van der Waals surface area contributed by atoms with Crippen molar-refractivity contribution < 1.29 is 4.92 Å². The van der Waals surface area contributed by atoms with Crippen LogP contribution in [0, 0.1) is 17.0 Å². The van der Waals surface area contributed by atoms with E-state index in [4.69, 9.17) is 0 Å². The summed E-state index contributed by atoms with van der Waals surface area (Å²) >= 11 is 0. The van der Waals surface area contributed by atoms with Crippen LogP contribution in [-0.4, -0.2) is 26.9 Å². The fourth-order valence-corrected chi connectivity index (χ4v) is 1.65. The van der Waals surface area contributed by atoms with Crippen LogP contribution in [0.15, 0.2) is 24.7 Å². The molecule has 2 aromatic rings. The van der Waals surface area contributed by atoms with E-state index in [2.05, 4.69) is 25.6 Å². The van der Waals surface area contributed by atoms with Crippen LogP contribution in [0.3, 0.4) is 0 Å². The molecule has 104 valence electrons. The predicted octanol–water partition coefficient (Wildman–Crippen LogP) is 1.74. The van der Waals surface area contributed by atoms with Gasteiger partial charge in [0.15, 0.2) is 0 Å². The summed E-state index contributed by atoms with van der Waals surface area (Å²) in [6.45, 7) is 2.29. The van der Waals surface area contributed by atoms with Crippen LogP contribution in [0.1, 0.15) is 11.3 Å². The lowest BCUT2D eigenvalue weighted by atomic mass is 10.2. The second-order valence-electron chi connectivity index (χ2n) is 4.09. The van der Waals surface area contributed by atoms with Crippen LogP contribution in [0.5, 0.6) is 0 Å². The largest absolute Gasteiger partial charge is 0.367 e. The Kier molecular flexibility index (Phi) is 4.04. The highest BCUT2D eigenvalue weighted by Gasteiger charge is 2.21. The number of nitrogens with one attached hydrogen (secondary N) is 2. The summed E-state index contributed by atoms with van der Waals surface area (Å²) in [6.07, 6.45) is 2.99. The van der Waals surface area contributed by atoms with E-state index in [0.717, 1.165) is 11.3 Å². The number of anilines is 2. The maximum atomic E-state index is 11.1. The number of pyridine rings is 1. The number of nitro groups is 1. The number of nitrogens with zero attached hydrogens (tertiary/aromatic N) is 4. The number of rotatable bonds is 5. The lowest BCUT2D eigenvalue weighted by Gasteiger charge is -2.08. The number of aromatic nitrogens is 3. The predicted molar refractivity (Wildman–Crippen MR) is 74.5 cm³/mol. The first-order valence-electron chi connectivity index (χ1n) is 5.94. The Bertz CT molecular complexity index is 614. The molecule has 20 heavy (non-hydrogen) atoms. The van der Waals surface area contributed by atoms with E-state index in [9.17, 15) is 10.1 Å². The monoisotopic (exact) mass is 274 g/mol. The summed E-state index contributed by atoms with van der Waals surface area (Å²) in [6, 6.07) is 3.78. The molecule has 2 N–H and O–H groups in total. The van der Waals surface area contributed by atoms with Gasteiger partial charge in [-0.05, 0) is 18.6 Å². The van der Waals surface area contributed by atoms with Gasteiger partial charge in [-0.3, -0.25) is 15.1 Å². The molecular weight excluding hydrogens is 260 g/mol. The van der Waals surface area contributed by atoms with E-state index in [0.29, 0.717) is 6.54 Å². The van der Waals surface area contributed by atoms with Gasteiger partial charge in [0.25, 0.3) is 0 Å². The molecule has 0 saturated carbocycles. The topological polar surface area (TPSA) is 106 Å². The molecule has 8 nitrogen and oxygen atoms in total. The van der Waals surface area contributed by atoms with Crippen molar-refractivity contribution in [2.75, 3.05) is 17.7 Å². The molecule has 2 heterocycles. The van der Waals surface area contributed by atoms with Crippen molar-refractivity contribution in [3.05, 3.63) is 46.0 Å². The molecule has 0 atom stereocenters. The molecule has 2 rings (SSSR count). The normalized spacial score (nSPS) is 10.1. The molecule has 0 saturated heterocycles. The molecule has 0 spiro atoms. The quantitative estimate of drug-likeness (QED) is 0.631. The number of aryl methyl sites for hydroxylation is 1. The second kappa shape index (κ2) is 5.91. The van der Waals surface area contributed by atoms with E-state index >= 15 is 0 Å². The molecule has 2 aromatic heterocycles. The molecule has 0 aliphatic rings. The highest BCUT2D eigenvalue weighted by Crippen LogP contribution is 2.28. The Morgan fingerprint density at radius 2 is 2.00 bits per heavy atom. The Morgan fingerprint density at radius 3 is 2.60 bits per heavy atom. The maximum Gasteiger partial charge on any atom is 0.353 e. The molecule has 0 aliphatic carbocycles. The lowest BCUT2D eigenvalue weighted by molar-refractivity contribution is -0.383. The van der Waals surface area contributed by atoms with Gasteiger partial charge in [0.1, 0.15) is 6.33 Å². The Labute approximate surface area is 115 Å². The minimum absolute atomic E-state index is 0.171. The SMILES string of the molecule is CNc1ncnc(NCc2ccc(C)nc2)c1[N+](=O)[O-]. The van der Waals surface area contributed by atoms with Crippen molar-refractivity contribution in [3.8, 4) is 0 Å². The number of hydrogen-bond donors (Lipinski definition) is 2. The molecule has 0 bridgehead atoms. The first kappa shape index (κ1) is 13.7. The van der Waals surface area contributed by atoms with Gasteiger partial charge >= 0.3 is 5.69 Å². The lowest BCUT2D eigenvalue weighted by Crippen LogP contribution is -2.08. The summed E-state index contributed by atoms with van der Waals surface area (Å²) in [4.78, 5) is 22.5.